The van der Waals surface area contributed by atoms with Gasteiger partial charge in [0.1, 0.15) is 54.6 Å². The van der Waals surface area contributed by atoms with Gasteiger partial charge in [0.15, 0.2) is 12.0 Å². The lowest BCUT2D eigenvalue weighted by atomic mass is 9.90. The molecule has 0 bridgehead atoms. The molecule has 11 heteroatoms. The maximum absolute atomic E-state index is 18.6. The summed E-state index contributed by atoms with van der Waals surface area (Å²) in [6, 6.07) is 60.5. The Morgan fingerprint density at radius 2 is 0.972 bits per heavy atom. The van der Waals surface area contributed by atoms with Gasteiger partial charge in [-0.15, -0.1) is 0 Å². The van der Waals surface area contributed by atoms with Crippen LogP contribution in [-0.4, -0.2) is 82.3 Å². The molecule has 0 aromatic heterocycles. The van der Waals surface area contributed by atoms with Crippen LogP contribution in [0.3, 0.4) is 0 Å². The van der Waals surface area contributed by atoms with Crippen LogP contribution in [0.15, 0.2) is 194 Å². The molecule has 3 heterocycles. The van der Waals surface area contributed by atoms with E-state index in [2.05, 4.69) is 69.3 Å². The molecule has 2 saturated heterocycles. The van der Waals surface area contributed by atoms with E-state index in [0.29, 0.717) is 6.61 Å². The number of alkyl halides is 1. The average molecular weight is 979 g/mol. The van der Waals surface area contributed by atoms with Crippen LogP contribution in [0.25, 0.3) is 0 Å². The fourth-order valence-electron chi connectivity index (χ4n) is 10.2. The van der Waals surface area contributed by atoms with Crippen molar-refractivity contribution in [2.24, 2.45) is 0 Å². The van der Waals surface area contributed by atoms with E-state index < -0.39 is 69.1 Å². The van der Waals surface area contributed by atoms with Crippen molar-refractivity contribution in [2.75, 3.05) is 13.2 Å². The van der Waals surface area contributed by atoms with E-state index in [4.69, 9.17) is 42.3 Å². The quantitative estimate of drug-likeness (QED) is 0.0695. The topological polar surface area (TPSA) is 83.1 Å². The van der Waals surface area contributed by atoms with Gasteiger partial charge in [0.05, 0.1) is 39.6 Å². The molecule has 0 N–H and O–H groups in total. The Labute approximate surface area is 419 Å². The minimum absolute atomic E-state index is 0.0522. The van der Waals surface area contributed by atoms with Crippen molar-refractivity contribution < 1.29 is 46.7 Å². The van der Waals surface area contributed by atoms with Crippen LogP contribution in [0, 0.1) is 0 Å². The first-order valence-corrected chi connectivity index (χ1v) is 26.7. The van der Waals surface area contributed by atoms with Gasteiger partial charge in [-0.2, -0.15) is 0 Å². The third kappa shape index (κ3) is 12.1. The number of hydrogen-bond donors (Lipinski definition) is 0. The van der Waals surface area contributed by atoms with Gasteiger partial charge >= 0.3 is 0 Å². The van der Waals surface area contributed by atoms with Crippen LogP contribution in [0.2, 0.25) is 5.04 Å². The van der Waals surface area contributed by atoms with Crippen molar-refractivity contribution >= 4 is 18.7 Å². The number of benzene rings is 6. The van der Waals surface area contributed by atoms with Crippen LogP contribution in [-0.2, 0) is 68.7 Å². The molecule has 2 fully saturated rings. The van der Waals surface area contributed by atoms with Crippen LogP contribution >= 0.6 is 0 Å². The monoisotopic (exact) mass is 978 g/mol. The molecule has 6 aromatic carbocycles. The number of hydrogen-bond acceptors (Lipinski definition) is 9. The highest BCUT2D eigenvalue weighted by atomic mass is 28.4. The van der Waals surface area contributed by atoms with Gasteiger partial charge < -0.3 is 42.3 Å². The molecular formula is C60H67FO9Si. The fourth-order valence-corrected chi connectivity index (χ4v) is 14.7. The van der Waals surface area contributed by atoms with Gasteiger partial charge in [-0.25, -0.2) is 4.39 Å². The SMILES string of the molecule is CC1(C)O[C@@H]2[C@@H](C=C(C(F)[C@@H]3O[C@@H](COCc4ccccc4)[C@H](OCc4ccccc4)[C@@H](OCc4ccccc4)[C@H]3OCc3ccccc3)O[C@@H]2CO[Si](c2ccccc2)(c2ccccc2)C(C)(C)C)O1. The Bertz CT molecular complexity index is 2530. The standard InChI is InChI=1S/C60H67FO9Si/c1-59(2,3)71(47-32-20-10-21-33-47,48-34-22-11-23-35-48)66-42-52-54-50(69-60(4,5)70-54)36-49(67-52)53(61)56-58(65-40-46-30-18-9-19-31-46)57(64-39-45-28-16-8-17-29-45)55(63-38-44-26-14-7-15-27-44)51(68-56)41-62-37-43-24-12-6-13-25-43/h6-36,50-58H,37-42H2,1-5H3/t50-,51+,52-,53?,54-,55+,56+,57-,58+/m1/s1. The van der Waals surface area contributed by atoms with Crippen LogP contribution in [0.5, 0.6) is 0 Å². The second-order valence-corrected chi connectivity index (χ2v) is 24.4. The maximum atomic E-state index is 18.6. The molecule has 0 amide bonds. The summed E-state index contributed by atoms with van der Waals surface area (Å²) in [5.74, 6) is -0.924. The van der Waals surface area contributed by atoms with Crippen LogP contribution < -0.4 is 10.4 Å². The molecule has 6 aromatic rings. The highest BCUT2D eigenvalue weighted by molar-refractivity contribution is 6.99. The summed E-state index contributed by atoms with van der Waals surface area (Å²) < 4.78 is 80.3. The van der Waals surface area contributed by atoms with E-state index in [1.807, 2.05) is 147 Å². The van der Waals surface area contributed by atoms with Crippen LogP contribution in [0.4, 0.5) is 4.39 Å². The lowest BCUT2D eigenvalue weighted by Gasteiger charge is -2.48. The molecule has 0 saturated carbocycles. The third-order valence-electron chi connectivity index (χ3n) is 13.5. The summed E-state index contributed by atoms with van der Waals surface area (Å²) in [7, 11) is -3.06. The first kappa shape index (κ1) is 50.6. The van der Waals surface area contributed by atoms with Crippen molar-refractivity contribution in [3.63, 3.8) is 0 Å². The van der Waals surface area contributed by atoms with Crippen molar-refractivity contribution in [3.8, 4) is 0 Å². The Morgan fingerprint density at radius 3 is 1.45 bits per heavy atom. The minimum atomic E-state index is -3.06. The first-order chi connectivity index (χ1) is 34.5. The summed E-state index contributed by atoms with van der Waals surface area (Å²) in [4.78, 5) is 0. The normalized spacial score (nSPS) is 24.6. The number of ether oxygens (including phenoxy) is 8. The molecule has 1 unspecified atom stereocenters. The van der Waals surface area contributed by atoms with Gasteiger partial charge in [-0.3, -0.25) is 0 Å². The summed E-state index contributed by atoms with van der Waals surface area (Å²) in [5.41, 5.74) is 3.82. The summed E-state index contributed by atoms with van der Waals surface area (Å²) >= 11 is 0. The smallest absolute Gasteiger partial charge is 0.261 e. The molecule has 9 nitrogen and oxygen atoms in total. The van der Waals surface area contributed by atoms with Gasteiger partial charge in [0.2, 0.25) is 0 Å². The molecule has 0 spiro atoms. The van der Waals surface area contributed by atoms with E-state index in [-0.39, 0.29) is 43.8 Å². The second-order valence-electron chi connectivity index (χ2n) is 20.1. The highest BCUT2D eigenvalue weighted by Gasteiger charge is 2.56. The predicted molar refractivity (Wildman–Crippen MR) is 275 cm³/mol. The van der Waals surface area contributed by atoms with Crippen molar-refractivity contribution in [1.29, 1.82) is 0 Å². The Balaban J connectivity index is 1.08. The second kappa shape index (κ2) is 23.1. The first-order valence-electron chi connectivity index (χ1n) is 24.8. The van der Waals surface area contributed by atoms with Crippen molar-refractivity contribution in [1.82, 2.24) is 0 Å². The maximum Gasteiger partial charge on any atom is 0.261 e. The summed E-state index contributed by atoms with van der Waals surface area (Å²) in [5, 5.41) is 1.92. The molecular weight excluding hydrogens is 912 g/mol. The summed E-state index contributed by atoms with van der Waals surface area (Å²) in [6.07, 6.45) is -6.77. The van der Waals surface area contributed by atoms with Crippen molar-refractivity contribution in [3.05, 3.63) is 216 Å². The lowest BCUT2D eigenvalue weighted by molar-refractivity contribution is -0.282. The van der Waals surface area contributed by atoms with E-state index >= 15 is 4.39 Å². The van der Waals surface area contributed by atoms with Crippen LogP contribution in [0.1, 0.15) is 56.9 Å². The Morgan fingerprint density at radius 1 is 0.535 bits per heavy atom. The molecule has 3 aliphatic rings. The predicted octanol–water partition coefficient (Wildman–Crippen LogP) is 10.4. The molecule has 3 aliphatic heterocycles. The van der Waals surface area contributed by atoms with Gasteiger partial charge in [0.25, 0.3) is 8.32 Å². The Hall–Kier alpha value is -5.31. The van der Waals surface area contributed by atoms with E-state index in [0.717, 1.165) is 32.6 Å². The lowest BCUT2D eigenvalue weighted by Crippen LogP contribution is -2.67. The summed E-state index contributed by atoms with van der Waals surface area (Å²) in [6.45, 7) is 11.6. The number of halogens is 1. The zero-order valence-corrected chi connectivity index (χ0v) is 42.4. The molecule has 71 heavy (non-hydrogen) atoms. The molecule has 372 valence electrons. The van der Waals surface area contributed by atoms with Gasteiger partial charge in [0, 0.05) is 0 Å². The van der Waals surface area contributed by atoms with Gasteiger partial charge in [-0.05, 0) is 57.6 Å². The molecule has 9 rings (SSSR count). The number of fused-ring (bicyclic) bond motifs is 1. The fraction of sp³-hybridized carbons (Fsp3) is 0.367. The molecule has 0 aliphatic carbocycles. The molecule has 9 atom stereocenters. The van der Waals surface area contributed by atoms with Crippen molar-refractivity contribution in [2.45, 2.75) is 127 Å². The zero-order chi connectivity index (χ0) is 49.3. The average Bonchev–Trinajstić information content (AvgIpc) is 3.72. The molecule has 0 radical (unpaired) electrons. The largest absolute Gasteiger partial charge is 0.487 e. The van der Waals surface area contributed by atoms with Gasteiger partial charge in [-0.1, -0.05) is 203 Å². The van der Waals surface area contributed by atoms with E-state index in [1.54, 1.807) is 6.08 Å². The minimum Gasteiger partial charge on any atom is -0.487 e. The third-order valence-corrected chi connectivity index (χ3v) is 18.5. The number of rotatable bonds is 20. The van der Waals surface area contributed by atoms with E-state index in [1.165, 1.54) is 0 Å². The Kier molecular flexibility index (Phi) is 16.4. The highest BCUT2D eigenvalue weighted by Crippen LogP contribution is 2.42. The zero-order valence-electron chi connectivity index (χ0n) is 41.4. The van der Waals surface area contributed by atoms with E-state index in [9.17, 15) is 0 Å².